The van der Waals surface area contributed by atoms with E-state index in [-0.39, 0.29) is 74.9 Å². The van der Waals surface area contributed by atoms with Gasteiger partial charge in [-0.05, 0) is 127 Å². The predicted octanol–water partition coefficient (Wildman–Crippen LogP) is 6.21. The van der Waals surface area contributed by atoms with Crippen molar-refractivity contribution >= 4 is 22.8 Å². The van der Waals surface area contributed by atoms with E-state index in [0.717, 1.165) is 57.8 Å². The van der Waals surface area contributed by atoms with E-state index < -0.39 is 60.2 Å². The van der Waals surface area contributed by atoms with Crippen molar-refractivity contribution < 1.29 is 49.0 Å². The SMILES string of the molecule is CC1(C)CC[C@]2(C(=O)O)CC[C@]3(C)C(=CC[C@@H]4[C@@]5(C)CC[C@H](O[C@@H]6O[C@H](CO)[C@@H](O)[C@H](O)[C@H]6NC(=O)CCc6cn(-c7cc8ccc(O)cc8oc7=O)nn6)C(C)(C)[C@@H]5CC[C@]43C)[C@@H]2C1. The molecule has 5 aliphatic carbocycles. The molecule has 0 radical (unpaired) electrons. The van der Waals surface area contributed by atoms with Crippen LogP contribution < -0.4 is 10.9 Å². The van der Waals surface area contributed by atoms with Crippen molar-refractivity contribution in [1.82, 2.24) is 20.3 Å². The number of aromatic hydroxyl groups is 1. The highest BCUT2D eigenvalue weighted by atomic mass is 16.7. The smallest absolute Gasteiger partial charge is 0.362 e. The summed E-state index contributed by atoms with van der Waals surface area (Å²) in [6.07, 6.45) is 7.19. The van der Waals surface area contributed by atoms with Gasteiger partial charge in [0.2, 0.25) is 5.91 Å². The fraction of sp³-hybridized carbons (Fsp3) is 0.700. The Balaban J connectivity index is 0.905. The molecule has 5 fully saturated rings. The molecule has 65 heavy (non-hydrogen) atoms. The standard InChI is InChI=1S/C50H68N4O11/c1-45(2)18-20-50(44(61)62)21-19-48(6)30(31(50)24-45)11-12-36-47(5)16-15-37(46(3,4)35(47)14-17-49(36,48)7)65-43-39(41(59)40(58)34(26-55)64-43)51-38(57)13-9-28-25-54(53-52-28)32-22-27-8-10-29(56)23-33(27)63-42(32)60/h8,10-11,22-23,25,31,34-37,39-41,43,55-56,58-59H,9,12-21,24,26H2,1-7H3,(H,51,57)(H,61,62)/t31-,34+,35-,36+,37-,39+,40+,41+,43-,47-,48+,49+,50-/m0/s1. The van der Waals surface area contributed by atoms with Crippen LogP contribution in [-0.2, 0) is 25.5 Å². The quantitative estimate of drug-likeness (QED) is 0.0799. The summed E-state index contributed by atoms with van der Waals surface area (Å²) in [7, 11) is 0. The highest BCUT2D eigenvalue weighted by Crippen LogP contribution is 2.76. The summed E-state index contributed by atoms with van der Waals surface area (Å²) in [4.78, 5) is 39.5. The van der Waals surface area contributed by atoms with E-state index in [2.05, 4.69) is 70.2 Å². The van der Waals surface area contributed by atoms with Gasteiger partial charge < -0.3 is 44.7 Å². The number of nitrogens with one attached hydrogen (secondary N) is 1. The van der Waals surface area contributed by atoms with Crippen LogP contribution in [0.25, 0.3) is 16.7 Å². The van der Waals surface area contributed by atoms with Crippen molar-refractivity contribution in [3.63, 3.8) is 0 Å². The summed E-state index contributed by atoms with van der Waals surface area (Å²) < 4.78 is 19.7. The molecule has 9 rings (SSSR count). The molecule has 3 aromatic rings. The Labute approximate surface area is 380 Å². The molecular weight excluding hydrogens is 833 g/mol. The monoisotopic (exact) mass is 900 g/mol. The molecule has 15 heteroatoms. The van der Waals surface area contributed by atoms with Crippen molar-refractivity contribution in [2.24, 2.45) is 50.2 Å². The van der Waals surface area contributed by atoms with Crippen LogP contribution in [0, 0.1) is 50.2 Å². The van der Waals surface area contributed by atoms with Gasteiger partial charge in [0.15, 0.2) is 12.0 Å². The lowest BCUT2D eigenvalue weighted by atomic mass is 9.33. The largest absolute Gasteiger partial charge is 0.508 e. The van der Waals surface area contributed by atoms with Gasteiger partial charge in [-0.1, -0.05) is 65.3 Å². The van der Waals surface area contributed by atoms with Gasteiger partial charge in [0, 0.05) is 24.3 Å². The number of carboxylic acids is 1. The molecule has 354 valence electrons. The Morgan fingerprint density at radius 1 is 0.954 bits per heavy atom. The zero-order chi connectivity index (χ0) is 46.6. The number of amides is 1. The molecule has 1 aromatic carbocycles. The van der Waals surface area contributed by atoms with Gasteiger partial charge in [-0.3, -0.25) is 9.59 Å². The average Bonchev–Trinajstić information content (AvgIpc) is 3.72. The minimum Gasteiger partial charge on any atom is -0.508 e. The van der Waals surface area contributed by atoms with Crippen LogP contribution in [0.4, 0.5) is 0 Å². The first kappa shape index (κ1) is 46.0. The second-order valence-corrected chi connectivity index (χ2v) is 22.8. The summed E-state index contributed by atoms with van der Waals surface area (Å²) in [6, 6.07) is 4.87. The molecule has 0 unspecified atom stereocenters. The van der Waals surface area contributed by atoms with Gasteiger partial charge in [-0.15, -0.1) is 5.10 Å². The molecule has 1 aliphatic heterocycles. The van der Waals surface area contributed by atoms with Gasteiger partial charge in [-0.25, -0.2) is 9.48 Å². The highest BCUT2D eigenvalue weighted by molar-refractivity contribution is 5.80. The second kappa shape index (κ2) is 16.0. The molecule has 15 nitrogen and oxygen atoms in total. The number of benzene rings is 1. The first-order valence-corrected chi connectivity index (χ1v) is 23.8. The lowest BCUT2D eigenvalue weighted by Gasteiger charge is -2.71. The number of phenolic OH excluding ortho intramolecular Hbond substituents is 1. The number of hydrogen-bond donors (Lipinski definition) is 6. The third kappa shape index (κ3) is 7.28. The molecule has 0 spiro atoms. The van der Waals surface area contributed by atoms with Crippen LogP contribution in [0.3, 0.4) is 0 Å². The van der Waals surface area contributed by atoms with E-state index in [1.807, 2.05) is 0 Å². The molecule has 6 aliphatic rings. The summed E-state index contributed by atoms with van der Waals surface area (Å²) in [5.74, 6) is -0.420. The fourth-order valence-corrected chi connectivity index (χ4v) is 14.6. The van der Waals surface area contributed by atoms with Crippen LogP contribution in [-0.4, -0.2) is 95.8 Å². The Bertz CT molecular complexity index is 2440. The number of ether oxygens (including phenoxy) is 2. The van der Waals surface area contributed by atoms with E-state index in [1.54, 1.807) is 12.1 Å². The number of allylic oxidation sites excluding steroid dienone is 2. The van der Waals surface area contributed by atoms with Crippen LogP contribution in [0.1, 0.15) is 125 Å². The number of aryl methyl sites for hydroxylation is 1. The van der Waals surface area contributed by atoms with Gasteiger partial charge in [0.25, 0.3) is 0 Å². The lowest BCUT2D eigenvalue weighted by Crippen LogP contribution is -2.67. The van der Waals surface area contributed by atoms with E-state index in [1.165, 1.54) is 28.6 Å². The Kier molecular flexibility index (Phi) is 11.3. The number of nitrogens with zero attached hydrogens (tertiary/aromatic N) is 3. The maximum Gasteiger partial charge on any atom is 0.362 e. The predicted molar refractivity (Wildman–Crippen MR) is 239 cm³/mol. The first-order chi connectivity index (χ1) is 30.6. The Morgan fingerprint density at radius 2 is 1.71 bits per heavy atom. The summed E-state index contributed by atoms with van der Waals surface area (Å²) in [5.41, 5.74) is 0.366. The summed E-state index contributed by atoms with van der Waals surface area (Å²) in [5, 5.41) is 64.8. The van der Waals surface area contributed by atoms with E-state index in [9.17, 15) is 39.9 Å². The van der Waals surface area contributed by atoms with E-state index >= 15 is 0 Å². The number of aliphatic hydroxyl groups excluding tert-OH is 3. The lowest BCUT2D eigenvalue weighted by molar-refractivity contribution is -0.306. The van der Waals surface area contributed by atoms with Crippen molar-refractivity contribution in [3.05, 3.63) is 58.2 Å². The molecule has 1 saturated heterocycles. The number of hydrogen-bond acceptors (Lipinski definition) is 12. The van der Waals surface area contributed by atoms with Gasteiger partial charge >= 0.3 is 11.6 Å². The summed E-state index contributed by atoms with van der Waals surface area (Å²) >= 11 is 0. The molecule has 4 saturated carbocycles. The van der Waals surface area contributed by atoms with Crippen LogP contribution in [0.2, 0.25) is 0 Å². The second-order valence-electron chi connectivity index (χ2n) is 22.8. The number of carbonyl (C=O) groups is 2. The van der Waals surface area contributed by atoms with Gasteiger partial charge in [-0.2, -0.15) is 0 Å². The minimum absolute atomic E-state index is 0.0140. The van der Waals surface area contributed by atoms with Crippen LogP contribution in [0.5, 0.6) is 5.75 Å². The molecule has 2 aromatic heterocycles. The topological polar surface area (TPSA) is 227 Å². The van der Waals surface area contributed by atoms with Gasteiger partial charge in [0.05, 0.1) is 30.0 Å². The number of rotatable bonds is 9. The van der Waals surface area contributed by atoms with Crippen LogP contribution in [0.15, 0.2) is 51.3 Å². The van der Waals surface area contributed by atoms with Crippen molar-refractivity contribution in [2.45, 2.75) is 162 Å². The molecule has 1 amide bonds. The number of carboxylic acid groups (broad SMARTS) is 1. The van der Waals surface area contributed by atoms with Crippen molar-refractivity contribution in [2.75, 3.05) is 6.61 Å². The number of aliphatic hydroxyl groups is 3. The normalized spacial score (nSPS) is 39.5. The zero-order valence-electron chi connectivity index (χ0n) is 38.9. The molecular formula is C50H68N4O11. The number of fused-ring (bicyclic) bond motifs is 8. The summed E-state index contributed by atoms with van der Waals surface area (Å²) in [6.45, 7) is 16.0. The number of carbonyl (C=O) groups excluding carboxylic acids is 1. The number of aliphatic carboxylic acids is 1. The third-order valence-electron chi connectivity index (χ3n) is 18.6. The fourth-order valence-electron chi connectivity index (χ4n) is 14.6. The average molecular weight is 901 g/mol. The molecule has 3 heterocycles. The number of phenols is 1. The maximum absolute atomic E-state index is 13.6. The number of aromatic nitrogens is 3. The Hall–Kier alpha value is -4.15. The van der Waals surface area contributed by atoms with Gasteiger partial charge in [0.1, 0.15) is 35.7 Å². The first-order valence-electron chi connectivity index (χ1n) is 23.8. The van der Waals surface area contributed by atoms with Crippen molar-refractivity contribution in [3.8, 4) is 11.4 Å². The molecule has 6 N–H and O–H groups in total. The van der Waals surface area contributed by atoms with E-state index in [4.69, 9.17) is 13.9 Å². The molecule has 13 atom stereocenters. The maximum atomic E-state index is 13.6. The Morgan fingerprint density at radius 3 is 2.45 bits per heavy atom. The molecule has 0 bridgehead atoms. The highest BCUT2D eigenvalue weighted by Gasteiger charge is 2.69. The van der Waals surface area contributed by atoms with E-state index in [0.29, 0.717) is 23.4 Å². The van der Waals surface area contributed by atoms with Crippen molar-refractivity contribution in [1.29, 1.82) is 0 Å². The zero-order valence-corrected chi connectivity index (χ0v) is 38.9. The van der Waals surface area contributed by atoms with Crippen LogP contribution >= 0.6 is 0 Å². The minimum atomic E-state index is -1.49. The third-order valence-corrected chi connectivity index (χ3v) is 18.6.